The van der Waals surface area contributed by atoms with Gasteiger partial charge in [0.15, 0.2) is 0 Å². The lowest BCUT2D eigenvalue weighted by Gasteiger charge is -2.28. The summed E-state index contributed by atoms with van der Waals surface area (Å²) in [5.41, 5.74) is 0. The molecule has 2 fully saturated rings. The molecule has 0 amide bonds. The molecule has 0 saturated carbocycles. The monoisotopic (exact) mass is 304 g/mol. The van der Waals surface area contributed by atoms with Crippen molar-refractivity contribution in [1.29, 1.82) is 0 Å². The van der Waals surface area contributed by atoms with E-state index in [0.717, 1.165) is 45.3 Å². The Bertz CT molecular complexity index is 275. The van der Waals surface area contributed by atoms with E-state index in [4.69, 9.17) is 23.1 Å². The number of rotatable bonds is 12. The predicted molar refractivity (Wildman–Crippen MR) is 78.1 cm³/mol. The van der Waals surface area contributed by atoms with Gasteiger partial charge in [0.1, 0.15) is 6.10 Å². The van der Waals surface area contributed by atoms with Crippen LogP contribution in [0.3, 0.4) is 0 Å². The Hall–Kier alpha value is 0.0169. The first-order chi connectivity index (χ1) is 9.65. The molecule has 0 radical (unpaired) electrons. The van der Waals surface area contributed by atoms with Gasteiger partial charge in [0, 0.05) is 19.6 Å². The zero-order chi connectivity index (χ0) is 14.4. The van der Waals surface area contributed by atoms with E-state index in [9.17, 15) is 0 Å². The van der Waals surface area contributed by atoms with Crippen LogP contribution in [0.25, 0.3) is 0 Å². The first kappa shape index (κ1) is 16.4. The molecule has 0 aromatic heterocycles. The van der Waals surface area contributed by atoms with E-state index in [1.807, 2.05) is 13.8 Å². The summed E-state index contributed by atoms with van der Waals surface area (Å²) in [6.07, 6.45) is 2.91. The normalized spacial score (nSPS) is 26.6. The molecule has 0 N–H and O–H groups in total. The second-order valence-corrected chi connectivity index (χ2v) is 8.99. The summed E-state index contributed by atoms with van der Waals surface area (Å²) in [7, 11) is -2.04. The van der Waals surface area contributed by atoms with Crippen molar-refractivity contribution in [2.24, 2.45) is 0 Å². The van der Waals surface area contributed by atoms with Crippen LogP contribution in [0.2, 0.25) is 12.6 Å². The molecular formula is C14H28O5Si. The summed E-state index contributed by atoms with van der Waals surface area (Å²) in [6.45, 7) is 10.1. The third-order valence-corrected chi connectivity index (χ3v) is 6.66. The van der Waals surface area contributed by atoms with E-state index in [2.05, 4.69) is 6.55 Å². The van der Waals surface area contributed by atoms with Crippen LogP contribution in [0.4, 0.5) is 0 Å². The topological polar surface area (TPSA) is 52.8 Å². The Morgan fingerprint density at radius 3 is 2.20 bits per heavy atom. The van der Waals surface area contributed by atoms with Gasteiger partial charge >= 0.3 is 8.56 Å². The molecule has 2 saturated heterocycles. The standard InChI is InChI=1S/C14H28O5Si/c1-4-18-20(3,19-5-2)7-6-12(8-13-9-16-13)15-10-14-11-17-14/h12-14H,4-11H2,1-3H3. The van der Waals surface area contributed by atoms with Gasteiger partial charge in [-0.3, -0.25) is 0 Å². The van der Waals surface area contributed by atoms with Crippen molar-refractivity contribution in [1.82, 2.24) is 0 Å². The second kappa shape index (κ2) is 7.86. The molecule has 0 aromatic carbocycles. The Morgan fingerprint density at radius 2 is 1.70 bits per heavy atom. The minimum absolute atomic E-state index is 0.236. The highest BCUT2D eigenvalue weighted by atomic mass is 28.4. The Kier molecular flexibility index (Phi) is 6.44. The van der Waals surface area contributed by atoms with E-state index in [-0.39, 0.29) is 6.10 Å². The van der Waals surface area contributed by atoms with E-state index in [1.165, 1.54) is 0 Å². The molecule has 118 valence electrons. The van der Waals surface area contributed by atoms with Crippen molar-refractivity contribution in [3.05, 3.63) is 0 Å². The third-order valence-electron chi connectivity index (χ3n) is 3.67. The number of hydrogen-bond acceptors (Lipinski definition) is 5. The van der Waals surface area contributed by atoms with Crippen LogP contribution in [-0.2, 0) is 23.1 Å². The minimum Gasteiger partial charge on any atom is -0.395 e. The lowest BCUT2D eigenvalue weighted by atomic mass is 10.1. The van der Waals surface area contributed by atoms with Gasteiger partial charge in [-0.25, -0.2) is 0 Å². The SMILES string of the molecule is CCO[Si](C)(CCC(CC1CO1)OCC1CO1)OCC. The highest BCUT2D eigenvalue weighted by Crippen LogP contribution is 2.25. The predicted octanol–water partition coefficient (Wildman–Crippen LogP) is 2.09. The van der Waals surface area contributed by atoms with Crippen molar-refractivity contribution >= 4 is 8.56 Å². The second-order valence-electron chi connectivity index (χ2n) is 5.64. The van der Waals surface area contributed by atoms with Crippen molar-refractivity contribution in [3.63, 3.8) is 0 Å². The lowest BCUT2D eigenvalue weighted by Crippen LogP contribution is -2.39. The zero-order valence-electron chi connectivity index (χ0n) is 12.9. The van der Waals surface area contributed by atoms with E-state index in [0.29, 0.717) is 18.8 Å². The van der Waals surface area contributed by atoms with Crippen LogP contribution >= 0.6 is 0 Å². The lowest BCUT2D eigenvalue weighted by molar-refractivity contribution is 0.0283. The summed E-state index contributed by atoms with van der Waals surface area (Å²) in [5.74, 6) is 0. The van der Waals surface area contributed by atoms with Crippen LogP contribution in [-0.4, -0.2) is 59.9 Å². The molecule has 3 unspecified atom stereocenters. The molecule has 2 aliphatic rings. The molecule has 2 heterocycles. The van der Waals surface area contributed by atoms with Gasteiger partial charge in [0.2, 0.25) is 0 Å². The molecule has 5 nitrogen and oxygen atoms in total. The largest absolute Gasteiger partial charge is 0.395 e. The van der Waals surface area contributed by atoms with Crippen molar-refractivity contribution in [3.8, 4) is 0 Å². The van der Waals surface area contributed by atoms with Crippen LogP contribution in [0.15, 0.2) is 0 Å². The van der Waals surface area contributed by atoms with E-state index >= 15 is 0 Å². The molecule has 0 bridgehead atoms. The van der Waals surface area contributed by atoms with Crippen molar-refractivity contribution in [2.45, 2.75) is 57.6 Å². The fraction of sp³-hybridized carbons (Fsp3) is 1.00. The summed E-state index contributed by atoms with van der Waals surface area (Å²) in [5, 5.41) is 0. The van der Waals surface area contributed by atoms with Crippen LogP contribution in [0.1, 0.15) is 26.7 Å². The van der Waals surface area contributed by atoms with Crippen molar-refractivity contribution < 1.29 is 23.1 Å². The van der Waals surface area contributed by atoms with Crippen LogP contribution < -0.4 is 0 Å². The van der Waals surface area contributed by atoms with E-state index in [1.54, 1.807) is 0 Å². The molecule has 20 heavy (non-hydrogen) atoms. The zero-order valence-corrected chi connectivity index (χ0v) is 13.9. The molecule has 6 heteroatoms. The summed E-state index contributed by atoms with van der Waals surface area (Å²) in [4.78, 5) is 0. The highest BCUT2D eigenvalue weighted by molar-refractivity contribution is 6.66. The van der Waals surface area contributed by atoms with Crippen LogP contribution in [0, 0.1) is 0 Å². The smallest absolute Gasteiger partial charge is 0.335 e. The average molecular weight is 304 g/mol. The Labute approximate surface area is 123 Å². The van der Waals surface area contributed by atoms with Gasteiger partial charge in [-0.15, -0.1) is 0 Å². The maximum Gasteiger partial charge on any atom is 0.335 e. The summed E-state index contributed by atoms with van der Waals surface area (Å²) >= 11 is 0. The quantitative estimate of drug-likeness (QED) is 0.408. The first-order valence-corrected chi connectivity index (χ1v) is 10.3. The first-order valence-electron chi connectivity index (χ1n) is 7.78. The third kappa shape index (κ3) is 6.20. The molecule has 2 rings (SSSR count). The average Bonchev–Trinajstić information content (AvgIpc) is 3.27. The van der Waals surface area contributed by atoms with Gasteiger partial charge in [0.05, 0.1) is 32.0 Å². The molecule has 3 atom stereocenters. The number of epoxide rings is 2. The fourth-order valence-corrected chi connectivity index (χ4v) is 4.83. The van der Waals surface area contributed by atoms with Gasteiger partial charge in [-0.1, -0.05) is 0 Å². The highest BCUT2D eigenvalue weighted by Gasteiger charge is 2.34. The van der Waals surface area contributed by atoms with Gasteiger partial charge in [-0.05, 0) is 32.9 Å². The Balaban J connectivity index is 1.74. The van der Waals surface area contributed by atoms with Crippen molar-refractivity contribution in [2.75, 3.05) is 33.0 Å². The van der Waals surface area contributed by atoms with Gasteiger partial charge in [0.25, 0.3) is 0 Å². The molecule has 0 aliphatic carbocycles. The number of ether oxygens (including phenoxy) is 3. The van der Waals surface area contributed by atoms with Gasteiger partial charge < -0.3 is 23.1 Å². The molecule has 2 aliphatic heterocycles. The fourth-order valence-electron chi connectivity index (χ4n) is 2.39. The summed E-state index contributed by atoms with van der Waals surface area (Å²) in [6, 6.07) is 0.970. The molecule has 0 spiro atoms. The van der Waals surface area contributed by atoms with Gasteiger partial charge in [-0.2, -0.15) is 0 Å². The van der Waals surface area contributed by atoms with Crippen LogP contribution in [0.5, 0.6) is 0 Å². The molecule has 0 aromatic rings. The maximum atomic E-state index is 5.97. The van der Waals surface area contributed by atoms with E-state index < -0.39 is 8.56 Å². The Morgan fingerprint density at radius 1 is 1.10 bits per heavy atom. The maximum absolute atomic E-state index is 5.97. The minimum atomic E-state index is -2.04. The summed E-state index contributed by atoms with van der Waals surface area (Å²) < 4.78 is 28.3. The number of hydrogen-bond donors (Lipinski definition) is 0. The molecular weight excluding hydrogens is 276 g/mol.